The zero-order chi connectivity index (χ0) is 11.3. The first-order valence-electron chi connectivity index (χ1n) is 4.89. The van der Waals surface area contributed by atoms with Gasteiger partial charge in [0.15, 0.2) is 0 Å². The maximum absolute atomic E-state index is 11.2. The summed E-state index contributed by atoms with van der Waals surface area (Å²) in [6.45, 7) is 1.98. The third-order valence-corrected chi connectivity index (χ3v) is 2.05. The van der Waals surface area contributed by atoms with E-state index in [1.54, 1.807) is 0 Å². The lowest BCUT2D eigenvalue weighted by atomic mass is 10.2. The van der Waals surface area contributed by atoms with Crippen LogP contribution in [0, 0.1) is 0 Å². The first kappa shape index (κ1) is 11.4. The molecule has 0 aliphatic rings. The van der Waals surface area contributed by atoms with Crippen molar-refractivity contribution in [1.82, 2.24) is 9.78 Å². The standard InChI is InChI=1S/C10H14N2O3/c1-8(13)4-2-3-7-12-10(15)6-5-9(14)11-12/h5-6H,2-4,7H2,1H3,(H,11,14). The largest absolute Gasteiger partial charge is 0.300 e. The number of carbonyl (C=O) groups excluding carboxylic acids is 1. The fourth-order valence-electron chi connectivity index (χ4n) is 1.27. The summed E-state index contributed by atoms with van der Waals surface area (Å²) in [4.78, 5) is 32.8. The summed E-state index contributed by atoms with van der Waals surface area (Å²) in [5.41, 5.74) is -0.515. The molecule has 1 aromatic heterocycles. The average molecular weight is 210 g/mol. The van der Waals surface area contributed by atoms with Crippen LogP contribution in [0.5, 0.6) is 0 Å². The maximum Gasteiger partial charge on any atom is 0.265 e. The number of rotatable bonds is 5. The third kappa shape index (κ3) is 3.93. The van der Waals surface area contributed by atoms with E-state index in [0.29, 0.717) is 19.4 Å². The third-order valence-electron chi connectivity index (χ3n) is 2.05. The van der Waals surface area contributed by atoms with E-state index in [4.69, 9.17) is 0 Å². The number of aryl methyl sites for hydroxylation is 1. The second-order valence-electron chi connectivity index (χ2n) is 3.46. The summed E-state index contributed by atoms with van der Waals surface area (Å²) < 4.78 is 1.27. The molecule has 5 heteroatoms. The molecular formula is C10H14N2O3. The molecule has 0 fully saturated rings. The van der Waals surface area contributed by atoms with Crippen LogP contribution in [0.25, 0.3) is 0 Å². The van der Waals surface area contributed by atoms with Crippen LogP contribution >= 0.6 is 0 Å². The number of nitrogens with one attached hydrogen (secondary N) is 1. The summed E-state index contributed by atoms with van der Waals surface area (Å²) in [7, 11) is 0. The number of carbonyl (C=O) groups is 1. The molecule has 0 radical (unpaired) electrons. The Morgan fingerprint density at radius 1 is 1.33 bits per heavy atom. The zero-order valence-electron chi connectivity index (χ0n) is 8.66. The number of hydrogen-bond acceptors (Lipinski definition) is 3. The fraction of sp³-hybridized carbons (Fsp3) is 0.500. The number of nitrogens with zero attached hydrogens (tertiary/aromatic N) is 1. The van der Waals surface area contributed by atoms with Gasteiger partial charge in [0.25, 0.3) is 11.1 Å². The Morgan fingerprint density at radius 2 is 2.07 bits per heavy atom. The number of aromatic amines is 1. The molecule has 0 aromatic carbocycles. The topological polar surface area (TPSA) is 71.9 Å². The van der Waals surface area contributed by atoms with Crippen LogP contribution in [0.1, 0.15) is 26.2 Å². The van der Waals surface area contributed by atoms with Gasteiger partial charge in [-0.05, 0) is 19.8 Å². The SMILES string of the molecule is CC(=O)CCCCn1[nH]c(=O)ccc1=O. The number of aromatic nitrogens is 2. The zero-order valence-corrected chi connectivity index (χ0v) is 8.66. The molecule has 0 aliphatic carbocycles. The second kappa shape index (κ2) is 5.29. The molecule has 5 nitrogen and oxygen atoms in total. The normalized spacial score (nSPS) is 10.2. The maximum atomic E-state index is 11.2. The van der Waals surface area contributed by atoms with Gasteiger partial charge in [0.2, 0.25) is 0 Å². The van der Waals surface area contributed by atoms with Crippen molar-refractivity contribution in [1.29, 1.82) is 0 Å². The van der Waals surface area contributed by atoms with E-state index < -0.39 is 0 Å². The predicted molar refractivity (Wildman–Crippen MR) is 55.9 cm³/mol. The highest BCUT2D eigenvalue weighted by Crippen LogP contribution is 1.96. The second-order valence-corrected chi connectivity index (χ2v) is 3.46. The molecule has 1 N–H and O–H groups in total. The van der Waals surface area contributed by atoms with E-state index in [-0.39, 0.29) is 16.9 Å². The lowest BCUT2D eigenvalue weighted by Crippen LogP contribution is -2.27. The number of unbranched alkanes of at least 4 members (excludes halogenated alkanes) is 1. The molecule has 1 rings (SSSR count). The van der Waals surface area contributed by atoms with E-state index in [1.165, 1.54) is 23.7 Å². The van der Waals surface area contributed by atoms with Gasteiger partial charge in [-0.3, -0.25) is 19.4 Å². The fourth-order valence-corrected chi connectivity index (χ4v) is 1.27. The van der Waals surface area contributed by atoms with Gasteiger partial charge in [-0.25, -0.2) is 0 Å². The van der Waals surface area contributed by atoms with Crippen molar-refractivity contribution in [2.45, 2.75) is 32.7 Å². The molecule has 82 valence electrons. The summed E-state index contributed by atoms with van der Waals surface area (Å²) >= 11 is 0. The molecule has 0 aliphatic heterocycles. The van der Waals surface area contributed by atoms with Crippen molar-refractivity contribution in [3.8, 4) is 0 Å². The van der Waals surface area contributed by atoms with Gasteiger partial charge < -0.3 is 4.79 Å². The molecule has 1 aromatic rings. The molecule has 0 spiro atoms. The lowest BCUT2D eigenvalue weighted by Gasteiger charge is -2.03. The van der Waals surface area contributed by atoms with Crippen molar-refractivity contribution >= 4 is 5.78 Å². The van der Waals surface area contributed by atoms with Crippen molar-refractivity contribution in [2.75, 3.05) is 0 Å². The minimum atomic E-state index is -0.291. The van der Waals surface area contributed by atoms with Crippen LogP contribution in [0.3, 0.4) is 0 Å². The van der Waals surface area contributed by atoms with Crippen molar-refractivity contribution in [2.24, 2.45) is 0 Å². The van der Waals surface area contributed by atoms with E-state index in [9.17, 15) is 14.4 Å². The first-order valence-corrected chi connectivity index (χ1v) is 4.89. The van der Waals surface area contributed by atoms with Gasteiger partial charge in [0.1, 0.15) is 5.78 Å². The summed E-state index contributed by atoms with van der Waals surface area (Å²) in [6, 6.07) is 2.44. The van der Waals surface area contributed by atoms with Gasteiger partial charge in [-0.15, -0.1) is 0 Å². The predicted octanol–water partition coefficient (Wildman–Crippen LogP) is 0.296. The highest BCUT2D eigenvalue weighted by molar-refractivity contribution is 5.75. The van der Waals surface area contributed by atoms with Crippen molar-refractivity contribution < 1.29 is 4.79 Å². The minimum Gasteiger partial charge on any atom is -0.300 e. The molecule has 0 saturated carbocycles. The van der Waals surface area contributed by atoms with E-state index in [2.05, 4.69) is 5.10 Å². The van der Waals surface area contributed by atoms with Gasteiger partial charge >= 0.3 is 0 Å². The van der Waals surface area contributed by atoms with Gasteiger partial charge in [0, 0.05) is 25.1 Å². The molecular weight excluding hydrogens is 196 g/mol. The van der Waals surface area contributed by atoms with Gasteiger partial charge in [-0.2, -0.15) is 0 Å². The Morgan fingerprint density at radius 3 is 2.73 bits per heavy atom. The van der Waals surface area contributed by atoms with Crippen LogP contribution in [0.4, 0.5) is 0 Å². The monoisotopic (exact) mass is 210 g/mol. The number of H-pyrrole nitrogens is 1. The molecule has 0 bridgehead atoms. The minimum absolute atomic E-state index is 0.143. The van der Waals surface area contributed by atoms with Gasteiger partial charge in [0.05, 0.1) is 0 Å². The quantitative estimate of drug-likeness (QED) is 0.710. The Bertz CT molecular complexity index is 444. The Balaban J connectivity index is 2.50. The number of ketones is 1. The molecule has 0 saturated heterocycles. The van der Waals surface area contributed by atoms with Crippen LogP contribution in [-0.2, 0) is 11.3 Å². The smallest absolute Gasteiger partial charge is 0.265 e. The molecule has 0 amide bonds. The van der Waals surface area contributed by atoms with Crippen LogP contribution < -0.4 is 11.1 Å². The van der Waals surface area contributed by atoms with Crippen LogP contribution in [0.15, 0.2) is 21.7 Å². The highest BCUT2D eigenvalue weighted by atomic mass is 16.2. The first-order chi connectivity index (χ1) is 7.09. The number of Topliss-reactive ketones (excluding diaryl/α,β-unsaturated/α-hetero) is 1. The van der Waals surface area contributed by atoms with Gasteiger partial charge in [-0.1, -0.05) is 0 Å². The molecule has 0 atom stereocenters. The Kier molecular flexibility index (Phi) is 4.03. The highest BCUT2D eigenvalue weighted by Gasteiger charge is 1.97. The average Bonchev–Trinajstić information content (AvgIpc) is 2.17. The molecule has 0 unspecified atom stereocenters. The van der Waals surface area contributed by atoms with Crippen LogP contribution in [-0.4, -0.2) is 15.6 Å². The van der Waals surface area contributed by atoms with E-state index >= 15 is 0 Å². The van der Waals surface area contributed by atoms with Crippen molar-refractivity contribution in [3.63, 3.8) is 0 Å². The summed E-state index contributed by atoms with van der Waals surface area (Å²) in [5, 5.41) is 2.43. The number of hydrogen-bond donors (Lipinski definition) is 1. The van der Waals surface area contributed by atoms with Crippen molar-refractivity contribution in [3.05, 3.63) is 32.8 Å². The lowest BCUT2D eigenvalue weighted by molar-refractivity contribution is -0.117. The Hall–Kier alpha value is -1.65. The molecule has 1 heterocycles. The summed E-state index contributed by atoms with van der Waals surface area (Å²) in [5.74, 6) is 0.143. The van der Waals surface area contributed by atoms with E-state index in [0.717, 1.165) is 6.42 Å². The molecule has 15 heavy (non-hydrogen) atoms. The summed E-state index contributed by atoms with van der Waals surface area (Å²) in [6.07, 6.45) is 1.96. The Labute approximate surface area is 86.7 Å². The van der Waals surface area contributed by atoms with Crippen LogP contribution in [0.2, 0.25) is 0 Å². The van der Waals surface area contributed by atoms with E-state index in [1.807, 2.05) is 0 Å².